The van der Waals surface area contributed by atoms with E-state index in [9.17, 15) is 27.1 Å². The lowest BCUT2D eigenvalue weighted by Crippen LogP contribution is -2.43. The lowest BCUT2D eigenvalue weighted by molar-refractivity contribution is -0.121. The van der Waals surface area contributed by atoms with E-state index in [1.165, 1.54) is 12.1 Å². The molecule has 0 aliphatic rings. The molecule has 0 bridgehead atoms. The summed E-state index contributed by atoms with van der Waals surface area (Å²) in [6.45, 7) is -1.10. The van der Waals surface area contributed by atoms with Crippen LogP contribution in [0.5, 0.6) is 0 Å². The molecular weight excluding hydrogens is 363 g/mol. The summed E-state index contributed by atoms with van der Waals surface area (Å²) in [7, 11) is -4.02. The molecule has 0 spiro atoms. The van der Waals surface area contributed by atoms with Gasteiger partial charge in [-0.3, -0.25) is 4.79 Å². The van der Waals surface area contributed by atoms with Crippen LogP contribution >= 0.6 is 23.2 Å². The van der Waals surface area contributed by atoms with Crippen molar-refractivity contribution >= 4 is 38.9 Å². The molecule has 1 aromatic carbocycles. The zero-order valence-electron chi connectivity index (χ0n) is 11.0. The topological polar surface area (TPSA) is 83.5 Å². The first kappa shape index (κ1) is 19.1. The number of hydrogen-bond donors (Lipinski definition) is 2. The van der Waals surface area contributed by atoms with Crippen LogP contribution in [0.15, 0.2) is 29.2 Å². The van der Waals surface area contributed by atoms with E-state index in [0.29, 0.717) is 0 Å². The van der Waals surface area contributed by atoms with Gasteiger partial charge in [-0.25, -0.2) is 17.2 Å². The summed E-state index contributed by atoms with van der Waals surface area (Å²) >= 11 is 10.6. The van der Waals surface area contributed by atoms with E-state index >= 15 is 0 Å². The fourth-order valence-electron chi connectivity index (χ4n) is 1.62. The molecule has 124 valence electrons. The van der Waals surface area contributed by atoms with Crippen molar-refractivity contribution in [2.24, 2.45) is 0 Å². The largest absolute Gasteiger partial charge is 0.386 e. The van der Waals surface area contributed by atoms with Gasteiger partial charge in [-0.15, -0.1) is 0 Å². The SMILES string of the molecule is O=C(NC(CF)[C@H](O)c1ccc(S(=O)(=O)CF)cc1)C(Cl)Cl. The summed E-state index contributed by atoms with van der Waals surface area (Å²) in [6.07, 6.45) is -1.46. The summed E-state index contributed by atoms with van der Waals surface area (Å²) in [5, 5.41) is 12.1. The van der Waals surface area contributed by atoms with Gasteiger partial charge in [0.25, 0.3) is 5.91 Å². The Morgan fingerprint density at radius 2 is 1.77 bits per heavy atom. The maximum Gasteiger partial charge on any atom is 0.253 e. The Morgan fingerprint density at radius 3 is 2.18 bits per heavy atom. The lowest BCUT2D eigenvalue weighted by Gasteiger charge is -2.22. The summed E-state index contributed by atoms with van der Waals surface area (Å²) in [4.78, 5) is 9.61. The second kappa shape index (κ2) is 8.05. The Morgan fingerprint density at radius 1 is 1.23 bits per heavy atom. The molecule has 1 aromatic rings. The third-order valence-corrected chi connectivity index (χ3v) is 4.47. The first-order valence-corrected chi connectivity index (χ1v) is 8.46. The average Bonchev–Trinajstić information content (AvgIpc) is 2.51. The molecule has 2 atom stereocenters. The molecule has 0 radical (unpaired) electrons. The van der Waals surface area contributed by atoms with Crippen molar-refractivity contribution in [2.45, 2.75) is 21.9 Å². The molecule has 1 rings (SSSR count). The average molecular weight is 376 g/mol. The molecule has 1 unspecified atom stereocenters. The molecule has 1 amide bonds. The molecule has 0 aliphatic heterocycles. The molecule has 22 heavy (non-hydrogen) atoms. The first-order valence-electron chi connectivity index (χ1n) is 5.94. The number of aliphatic hydroxyl groups excluding tert-OH is 1. The number of alkyl halides is 4. The maximum absolute atomic E-state index is 12.9. The zero-order chi connectivity index (χ0) is 16.9. The number of aliphatic hydroxyl groups is 1. The minimum absolute atomic E-state index is 0.140. The van der Waals surface area contributed by atoms with Crippen molar-refractivity contribution in [1.29, 1.82) is 0 Å². The van der Waals surface area contributed by atoms with Crippen molar-refractivity contribution < 1.29 is 27.1 Å². The lowest BCUT2D eigenvalue weighted by atomic mass is 10.0. The van der Waals surface area contributed by atoms with Gasteiger partial charge in [-0.1, -0.05) is 35.3 Å². The standard InChI is InChI=1S/C12H13Cl2F2NO4S/c13-11(14)12(19)17-9(5-15)10(18)7-1-3-8(4-2-7)22(20,21)6-16/h1-4,9-11,18H,5-6H2,(H,17,19)/t9?,10-/m1/s1. The minimum atomic E-state index is -4.02. The number of carbonyl (C=O) groups excluding carboxylic acids is 1. The van der Waals surface area contributed by atoms with Crippen molar-refractivity contribution in [1.82, 2.24) is 5.32 Å². The molecule has 0 aromatic heterocycles. The smallest absolute Gasteiger partial charge is 0.253 e. The number of benzene rings is 1. The number of hydrogen-bond acceptors (Lipinski definition) is 4. The highest BCUT2D eigenvalue weighted by Gasteiger charge is 2.25. The van der Waals surface area contributed by atoms with Crippen molar-refractivity contribution in [3.05, 3.63) is 29.8 Å². The fraction of sp³-hybridized carbons (Fsp3) is 0.417. The molecule has 0 saturated carbocycles. The summed E-state index contributed by atoms with van der Waals surface area (Å²) in [5.41, 5.74) is 0.140. The predicted molar refractivity (Wildman–Crippen MR) is 78.0 cm³/mol. The van der Waals surface area contributed by atoms with Crippen molar-refractivity contribution in [3.63, 3.8) is 0 Å². The molecule has 0 heterocycles. The highest BCUT2D eigenvalue weighted by atomic mass is 35.5. The maximum atomic E-state index is 12.9. The number of carbonyl (C=O) groups is 1. The Labute approximate surface area is 136 Å². The number of sulfone groups is 1. The quantitative estimate of drug-likeness (QED) is 0.710. The molecule has 10 heteroatoms. The normalized spacial score (nSPS) is 14.6. The summed E-state index contributed by atoms with van der Waals surface area (Å²) < 4.78 is 47.9. The van der Waals surface area contributed by atoms with Crippen LogP contribution in [0, 0.1) is 0 Å². The van der Waals surface area contributed by atoms with Gasteiger partial charge in [0.15, 0.2) is 10.8 Å². The number of halogens is 4. The third kappa shape index (κ3) is 4.77. The van der Waals surface area contributed by atoms with Crippen LogP contribution in [0.4, 0.5) is 8.78 Å². The van der Waals surface area contributed by atoms with Crippen LogP contribution < -0.4 is 5.32 Å². The van der Waals surface area contributed by atoms with Crippen LogP contribution in [-0.2, 0) is 14.6 Å². The van der Waals surface area contributed by atoms with Gasteiger partial charge in [-0.05, 0) is 17.7 Å². The highest BCUT2D eigenvalue weighted by Crippen LogP contribution is 2.21. The van der Waals surface area contributed by atoms with Crippen LogP contribution in [0.2, 0.25) is 0 Å². The molecule has 2 N–H and O–H groups in total. The molecule has 0 aliphatic carbocycles. The van der Waals surface area contributed by atoms with Crippen molar-refractivity contribution in [2.75, 3.05) is 12.7 Å². The Hall–Kier alpha value is -0.960. The van der Waals surface area contributed by atoms with E-state index < -0.39 is 45.4 Å². The van der Waals surface area contributed by atoms with Crippen molar-refractivity contribution in [3.8, 4) is 0 Å². The minimum Gasteiger partial charge on any atom is -0.386 e. The first-order chi connectivity index (χ1) is 10.2. The van der Waals surface area contributed by atoms with Crippen LogP contribution in [-0.4, -0.2) is 43.0 Å². The molecule has 0 fully saturated rings. The second-order valence-electron chi connectivity index (χ2n) is 4.31. The van der Waals surface area contributed by atoms with Gasteiger partial charge in [0.1, 0.15) is 12.8 Å². The summed E-state index contributed by atoms with van der Waals surface area (Å²) in [5.74, 6) is -0.873. The highest BCUT2D eigenvalue weighted by molar-refractivity contribution is 7.91. The summed E-state index contributed by atoms with van der Waals surface area (Å²) in [6, 6.07) is 1.69. The van der Waals surface area contributed by atoms with E-state index in [4.69, 9.17) is 23.2 Å². The number of amides is 1. The third-order valence-electron chi connectivity index (χ3n) is 2.80. The van der Waals surface area contributed by atoms with Crippen LogP contribution in [0.3, 0.4) is 0 Å². The number of nitrogens with one attached hydrogen (secondary N) is 1. The van der Waals surface area contributed by atoms with E-state index in [2.05, 4.69) is 5.32 Å². The van der Waals surface area contributed by atoms with Gasteiger partial charge >= 0.3 is 0 Å². The Balaban J connectivity index is 2.92. The Kier molecular flexibility index (Phi) is 6.98. The second-order valence-corrected chi connectivity index (χ2v) is 7.32. The van der Waals surface area contributed by atoms with Gasteiger partial charge in [0.05, 0.1) is 10.9 Å². The zero-order valence-corrected chi connectivity index (χ0v) is 13.4. The monoisotopic (exact) mass is 375 g/mol. The van der Waals surface area contributed by atoms with Gasteiger partial charge in [-0.2, -0.15) is 0 Å². The van der Waals surface area contributed by atoms with E-state index in [-0.39, 0.29) is 10.5 Å². The predicted octanol–water partition coefficient (Wildman–Crippen LogP) is 1.68. The van der Waals surface area contributed by atoms with Gasteiger partial charge < -0.3 is 10.4 Å². The Bertz CT molecular complexity index is 610. The van der Waals surface area contributed by atoms with E-state index in [1.807, 2.05) is 0 Å². The fourth-order valence-corrected chi connectivity index (χ4v) is 2.42. The molecular formula is C12H13Cl2F2NO4S. The van der Waals surface area contributed by atoms with Crippen LogP contribution in [0.1, 0.15) is 11.7 Å². The van der Waals surface area contributed by atoms with Gasteiger partial charge in [0, 0.05) is 0 Å². The molecule has 0 saturated heterocycles. The molecule has 5 nitrogen and oxygen atoms in total. The van der Waals surface area contributed by atoms with Gasteiger partial charge in [0.2, 0.25) is 9.84 Å². The van der Waals surface area contributed by atoms with Crippen LogP contribution in [0.25, 0.3) is 0 Å². The van der Waals surface area contributed by atoms with E-state index in [0.717, 1.165) is 12.1 Å². The number of rotatable bonds is 7. The van der Waals surface area contributed by atoms with E-state index in [1.54, 1.807) is 0 Å².